The Labute approximate surface area is 152 Å². The molecule has 2 aromatic rings. The fourth-order valence-electron chi connectivity index (χ4n) is 2.63. The summed E-state index contributed by atoms with van der Waals surface area (Å²) in [7, 11) is 0. The number of hydrogen-bond acceptors (Lipinski definition) is 4. The number of halogens is 1. The standard InChI is InChI=1S/C17H17BrN4O3/c18-12-3-5-13(6-4-12)19-15(23)11-22-16(24)8-7-14(20-22)17(25)21-9-1-2-10-21/h3-8H,1-2,9-11H2,(H,19,23). The van der Waals surface area contributed by atoms with E-state index in [2.05, 4.69) is 26.3 Å². The van der Waals surface area contributed by atoms with Crippen LogP contribution in [-0.4, -0.2) is 39.6 Å². The molecule has 25 heavy (non-hydrogen) atoms. The molecule has 1 N–H and O–H groups in total. The summed E-state index contributed by atoms with van der Waals surface area (Å²) in [5, 5.41) is 6.75. The number of nitrogens with zero attached hydrogens (tertiary/aromatic N) is 3. The Balaban J connectivity index is 1.71. The van der Waals surface area contributed by atoms with Gasteiger partial charge in [-0.1, -0.05) is 15.9 Å². The van der Waals surface area contributed by atoms with Gasteiger partial charge in [-0.05, 0) is 43.2 Å². The van der Waals surface area contributed by atoms with Gasteiger partial charge >= 0.3 is 0 Å². The van der Waals surface area contributed by atoms with Crippen LogP contribution >= 0.6 is 15.9 Å². The van der Waals surface area contributed by atoms with Crippen LogP contribution in [0.25, 0.3) is 0 Å². The molecule has 0 saturated carbocycles. The van der Waals surface area contributed by atoms with Gasteiger partial charge in [0.25, 0.3) is 11.5 Å². The van der Waals surface area contributed by atoms with Crippen LogP contribution in [0.1, 0.15) is 23.3 Å². The van der Waals surface area contributed by atoms with Crippen molar-refractivity contribution in [3.8, 4) is 0 Å². The van der Waals surface area contributed by atoms with E-state index >= 15 is 0 Å². The van der Waals surface area contributed by atoms with Crippen LogP contribution < -0.4 is 10.9 Å². The van der Waals surface area contributed by atoms with Crippen LogP contribution in [0.4, 0.5) is 5.69 Å². The van der Waals surface area contributed by atoms with Crippen molar-refractivity contribution in [1.29, 1.82) is 0 Å². The van der Waals surface area contributed by atoms with Gasteiger partial charge in [-0.2, -0.15) is 5.10 Å². The smallest absolute Gasteiger partial charge is 0.274 e. The molecule has 1 fully saturated rings. The van der Waals surface area contributed by atoms with Gasteiger partial charge in [0, 0.05) is 29.3 Å². The van der Waals surface area contributed by atoms with Crippen molar-refractivity contribution in [2.45, 2.75) is 19.4 Å². The first-order valence-electron chi connectivity index (χ1n) is 7.96. The highest BCUT2D eigenvalue weighted by molar-refractivity contribution is 9.10. The third kappa shape index (κ3) is 4.33. The molecular formula is C17H17BrN4O3. The molecule has 0 aliphatic carbocycles. The molecule has 0 atom stereocenters. The van der Waals surface area contributed by atoms with Gasteiger partial charge in [-0.25, -0.2) is 4.68 Å². The Bertz CT molecular complexity index is 842. The zero-order chi connectivity index (χ0) is 17.8. The molecule has 1 aromatic heterocycles. The highest BCUT2D eigenvalue weighted by atomic mass is 79.9. The Morgan fingerprint density at radius 2 is 1.76 bits per heavy atom. The lowest BCUT2D eigenvalue weighted by Crippen LogP contribution is -2.34. The van der Waals surface area contributed by atoms with Gasteiger partial charge in [-0.15, -0.1) is 0 Å². The van der Waals surface area contributed by atoms with E-state index in [0.717, 1.165) is 22.0 Å². The van der Waals surface area contributed by atoms with Crippen LogP contribution in [0.2, 0.25) is 0 Å². The molecule has 130 valence electrons. The molecule has 8 heteroatoms. The summed E-state index contributed by atoms with van der Waals surface area (Å²) in [6.45, 7) is 1.14. The van der Waals surface area contributed by atoms with Crippen LogP contribution in [0.15, 0.2) is 45.7 Å². The maximum absolute atomic E-state index is 12.4. The molecule has 2 heterocycles. The first-order valence-corrected chi connectivity index (χ1v) is 8.75. The van der Waals surface area contributed by atoms with Gasteiger partial charge in [-0.3, -0.25) is 14.4 Å². The number of rotatable bonds is 4. The number of carbonyl (C=O) groups is 2. The van der Waals surface area contributed by atoms with Crippen molar-refractivity contribution in [2.75, 3.05) is 18.4 Å². The highest BCUT2D eigenvalue weighted by Crippen LogP contribution is 2.14. The summed E-state index contributed by atoms with van der Waals surface area (Å²) in [6, 6.07) is 9.76. The van der Waals surface area contributed by atoms with Gasteiger partial charge in [0.1, 0.15) is 12.2 Å². The van der Waals surface area contributed by atoms with E-state index in [0.29, 0.717) is 18.8 Å². The molecule has 0 radical (unpaired) electrons. The van der Waals surface area contributed by atoms with E-state index in [1.807, 2.05) is 0 Å². The monoisotopic (exact) mass is 404 g/mol. The van der Waals surface area contributed by atoms with Crippen LogP contribution in [0, 0.1) is 0 Å². The quantitative estimate of drug-likeness (QED) is 0.842. The molecule has 7 nitrogen and oxygen atoms in total. The number of likely N-dealkylation sites (tertiary alicyclic amines) is 1. The predicted octanol–water partition coefficient (Wildman–Crippen LogP) is 1.88. The number of benzene rings is 1. The Morgan fingerprint density at radius 1 is 1.08 bits per heavy atom. The number of anilines is 1. The van der Waals surface area contributed by atoms with Gasteiger partial charge in [0.05, 0.1) is 0 Å². The minimum atomic E-state index is -0.427. The molecule has 1 saturated heterocycles. The minimum absolute atomic E-state index is 0.179. The molecule has 2 amide bonds. The van der Waals surface area contributed by atoms with Gasteiger partial charge in [0.2, 0.25) is 5.91 Å². The minimum Gasteiger partial charge on any atom is -0.337 e. The zero-order valence-electron chi connectivity index (χ0n) is 13.4. The second-order valence-electron chi connectivity index (χ2n) is 5.77. The van der Waals surface area contributed by atoms with E-state index in [1.54, 1.807) is 29.2 Å². The van der Waals surface area contributed by atoms with Gasteiger partial charge in [0.15, 0.2) is 0 Å². The summed E-state index contributed by atoms with van der Waals surface area (Å²) >= 11 is 3.32. The molecule has 3 rings (SSSR count). The fraction of sp³-hybridized carbons (Fsp3) is 0.294. The summed E-state index contributed by atoms with van der Waals surface area (Å²) in [6.07, 6.45) is 1.95. The van der Waals surface area contributed by atoms with Crippen molar-refractivity contribution >= 4 is 33.4 Å². The lowest BCUT2D eigenvalue weighted by atomic mass is 10.3. The van der Waals surface area contributed by atoms with Gasteiger partial charge < -0.3 is 10.2 Å². The number of amides is 2. The zero-order valence-corrected chi connectivity index (χ0v) is 15.0. The number of carbonyl (C=O) groups excluding carboxylic acids is 2. The van der Waals surface area contributed by atoms with Crippen molar-refractivity contribution in [3.63, 3.8) is 0 Å². The van der Waals surface area contributed by atoms with Crippen LogP contribution in [-0.2, 0) is 11.3 Å². The maximum atomic E-state index is 12.4. The second-order valence-corrected chi connectivity index (χ2v) is 6.68. The van der Waals surface area contributed by atoms with E-state index in [9.17, 15) is 14.4 Å². The molecule has 0 unspecified atom stereocenters. The summed E-state index contributed by atoms with van der Waals surface area (Å²) < 4.78 is 1.91. The second kappa shape index (κ2) is 7.60. The largest absolute Gasteiger partial charge is 0.337 e. The molecular weight excluding hydrogens is 388 g/mol. The lowest BCUT2D eigenvalue weighted by Gasteiger charge is -2.15. The van der Waals surface area contributed by atoms with Crippen molar-refractivity contribution in [3.05, 3.63) is 56.9 Å². The molecule has 1 aromatic carbocycles. The van der Waals surface area contributed by atoms with Crippen LogP contribution in [0.3, 0.4) is 0 Å². The Kier molecular flexibility index (Phi) is 5.28. The van der Waals surface area contributed by atoms with E-state index in [1.165, 1.54) is 12.1 Å². The predicted molar refractivity (Wildman–Crippen MR) is 96.4 cm³/mol. The van der Waals surface area contributed by atoms with Crippen LogP contribution in [0.5, 0.6) is 0 Å². The average Bonchev–Trinajstić information content (AvgIpc) is 3.13. The third-order valence-corrected chi connectivity index (χ3v) is 4.43. The number of aromatic nitrogens is 2. The maximum Gasteiger partial charge on any atom is 0.274 e. The first kappa shape index (κ1) is 17.3. The topological polar surface area (TPSA) is 84.3 Å². The van der Waals surface area contributed by atoms with Crippen molar-refractivity contribution in [2.24, 2.45) is 0 Å². The Hall–Kier alpha value is -2.48. The van der Waals surface area contributed by atoms with E-state index < -0.39 is 5.56 Å². The molecule has 0 bridgehead atoms. The fourth-order valence-corrected chi connectivity index (χ4v) is 2.89. The van der Waals surface area contributed by atoms with E-state index in [-0.39, 0.29) is 24.1 Å². The summed E-state index contributed by atoms with van der Waals surface area (Å²) in [5.41, 5.74) is 0.368. The van der Waals surface area contributed by atoms with Crippen molar-refractivity contribution in [1.82, 2.24) is 14.7 Å². The highest BCUT2D eigenvalue weighted by Gasteiger charge is 2.21. The van der Waals surface area contributed by atoms with E-state index in [4.69, 9.17) is 0 Å². The molecule has 1 aliphatic heterocycles. The SMILES string of the molecule is O=C(Cn1nc(C(=O)N2CCCC2)ccc1=O)Nc1ccc(Br)cc1. The molecule has 1 aliphatic rings. The normalized spacial score (nSPS) is 13.7. The number of nitrogens with one attached hydrogen (secondary N) is 1. The summed E-state index contributed by atoms with van der Waals surface area (Å²) in [4.78, 5) is 38.1. The first-order chi connectivity index (χ1) is 12.0. The summed E-state index contributed by atoms with van der Waals surface area (Å²) in [5.74, 6) is -0.595. The lowest BCUT2D eigenvalue weighted by molar-refractivity contribution is -0.117. The Morgan fingerprint density at radius 3 is 2.44 bits per heavy atom. The average molecular weight is 405 g/mol. The molecule has 0 spiro atoms. The number of hydrogen-bond donors (Lipinski definition) is 1. The third-order valence-electron chi connectivity index (χ3n) is 3.90. The van der Waals surface area contributed by atoms with Crippen molar-refractivity contribution < 1.29 is 9.59 Å².